The van der Waals surface area contributed by atoms with Gasteiger partial charge in [-0.25, -0.2) is 4.68 Å². The smallest absolute Gasteiger partial charge is 0.271 e. The molecule has 0 aliphatic rings. The fourth-order valence-electron chi connectivity index (χ4n) is 1.82. The third kappa shape index (κ3) is 4.41. The molecule has 0 fully saturated rings. The fraction of sp³-hybridized carbons (Fsp3) is 0.357. The van der Waals surface area contributed by atoms with Gasteiger partial charge in [-0.15, -0.1) is 11.3 Å². The number of aromatic nitrogens is 2. The quantitative estimate of drug-likeness (QED) is 0.886. The SMILES string of the molecule is CCCn1nc(C(=O)NCCc2ccc(Cl)s2)ccc1=O. The van der Waals surface area contributed by atoms with Gasteiger partial charge < -0.3 is 5.32 Å². The standard InChI is InChI=1S/C14H16ClN3O2S/c1-2-9-18-13(19)6-4-11(17-18)14(20)16-8-7-10-3-5-12(15)21-10/h3-6H,2,7-9H2,1H3,(H,16,20). The maximum atomic E-state index is 12.0. The number of nitrogens with zero attached hydrogens (tertiary/aromatic N) is 2. The first-order valence-corrected chi connectivity index (χ1v) is 7.90. The van der Waals surface area contributed by atoms with Crippen LogP contribution in [0.3, 0.4) is 0 Å². The first kappa shape index (κ1) is 15.7. The van der Waals surface area contributed by atoms with Gasteiger partial charge in [-0.1, -0.05) is 18.5 Å². The van der Waals surface area contributed by atoms with Crippen LogP contribution in [0.1, 0.15) is 28.7 Å². The maximum Gasteiger partial charge on any atom is 0.271 e. The highest BCUT2D eigenvalue weighted by Gasteiger charge is 2.09. The van der Waals surface area contributed by atoms with Crippen molar-refractivity contribution in [2.24, 2.45) is 0 Å². The number of thiophene rings is 1. The van der Waals surface area contributed by atoms with Crippen molar-refractivity contribution in [1.82, 2.24) is 15.1 Å². The molecule has 7 heteroatoms. The van der Waals surface area contributed by atoms with Gasteiger partial charge in [0.25, 0.3) is 11.5 Å². The predicted molar refractivity (Wildman–Crippen MR) is 84.2 cm³/mol. The molecule has 21 heavy (non-hydrogen) atoms. The molecule has 0 unspecified atom stereocenters. The Morgan fingerprint density at radius 2 is 2.19 bits per heavy atom. The van der Waals surface area contributed by atoms with Crippen molar-refractivity contribution in [3.05, 3.63) is 49.5 Å². The fourth-order valence-corrected chi connectivity index (χ4v) is 2.90. The van der Waals surface area contributed by atoms with E-state index in [9.17, 15) is 9.59 Å². The van der Waals surface area contributed by atoms with Gasteiger partial charge >= 0.3 is 0 Å². The number of halogens is 1. The van der Waals surface area contributed by atoms with Crippen LogP contribution in [0.5, 0.6) is 0 Å². The summed E-state index contributed by atoms with van der Waals surface area (Å²) < 4.78 is 2.05. The van der Waals surface area contributed by atoms with Gasteiger partial charge in [-0.3, -0.25) is 9.59 Å². The minimum atomic E-state index is -0.275. The third-order valence-corrected chi connectivity index (χ3v) is 4.11. The molecule has 1 N–H and O–H groups in total. The average Bonchev–Trinajstić information content (AvgIpc) is 2.87. The van der Waals surface area contributed by atoms with Crippen LogP contribution in [0.25, 0.3) is 0 Å². The van der Waals surface area contributed by atoms with E-state index in [4.69, 9.17) is 11.6 Å². The van der Waals surface area contributed by atoms with Crippen molar-refractivity contribution >= 4 is 28.8 Å². The number of hydrogen-bond acceptors (Lipinski definition) is 4. The molecule has 0 atom stereocenters. The summed E-state index contributed by atoms with van der Waals surface area (Å²) in [5.74, 6) is -0.275. The van der Waals surface area contributed by atoms with Crippen molar-refractivity contribution in [3.8, 4) is 0 Å². The molecule has 5 nitrogen and oxygen atoms in total. The third-order valence-electron chi connectivity index (χ3n) is 2.82. The van der Waals surface area contributed by atoms with Gasteiger partial charge in [-0.2, -0.15) is 5.10 Å². The monoisotopic (exact) mass is 325 g/mol. The molecule has 2 rings (SSSR count). The molecule has 0 saturated carbocycles. The van der Waals surface area contributed by atoms with E-state index in [-0.39, 0.29) is 17.2 Å². The van der Waals surface area contributed by atoms with Crippen LogP contribution in [0.4, 0.5) is 0 Å². The van der Waals surface area contributed by atoms with Crippen molar-refractivity contribution in [2.75, 3.05) is 6.54 Å². The second-order valence-electron chi connectivity index (χ2n) is 4.49. The minimum Gasteiger partial charge on any atom is -0.350 e. The molecule has 1 amide bonds. The number of rotatable bonds is 6. The zero-order chi connectivity index (χ0) is 15.2. The summed E-state index contributed by atoms with van der Waals surface area (Å²) in [4.78, 5) is 24.7. The largest absolute Gasteiger partial charge is 0.350 e. The van der Waals surface area contributed by atoms with Crippen LogP contribution in [0.15, 0.2) is 29.1 Å². The van der Waals surface area contributed by atoms with E-state index in [1.54, 1.807) is 0 Å². The zero-order valence-electron chi connectivity index (χ0n) is 11.6. The van der Waals surface area contributed by atoms with Gasteiger partial charge in [0.2, 0.25) is 0 Å². The topological polar surface area (TPSA) is 64.0 Å². The summed E-state index contributed by atoms with van der Waals surface area (Å²) >= 11 is 7.35. The molecule has 0 aromatic carbocycles. The van der Waals surface area contributed by atoms with Crippen LogP contribution in [-0.4, -0.2) is 22.2 Å². The van der Waals surface area contributed by atoms with Crippen molar-refractivity contribution < 1.29 is 4.79 Å². The summed E-state index contributed by atoms with van der Waals surface area (Å²) in [6, 6.07) is 6.60. The number of hydrogen-bond donors (Lipinski definition) is 1. The first-order chi connectivity index (χ1) is 10.1. The van der Waals surface area contributed by atoms with Gasteiger partial charge in [0.05, 0.1) is 4.34 Å². The Bertz CT molecular complexity index is 681. The molecular formula is C14H16ClN3O2S. The van der Waals surface area contributed by atoms with E-state index in [2.05, 4.69) is 10.4 Å². The lowest BCUT2D eigenvalue weighted by Gasteiger charge is -2.06. The van der Waals surface area contributed by atoms with E-state index in [1.165, 1.54) is 28.2 Å². The Morgan fingerprint density at radius 3 is 2.86 bits per heavy atom. The molecule has 0 aliphatic heterocycles. The highest BCUT2D eigenvalue weighted by atomic mass is 35.5. The van der Waals surface area contributed by atoms with Gasteiger partial charge in [0.15, 0.2) is 0 Å². The molecule has 2 heterocycles. The van der Waals surface area contributed by atoms with E-state index < -0.39 is 0 Å². The number of amides is 1. The molecule has 2 aromatic heterocycles. The molecular weight excluding hydrogens is 310 g/mol. The summed E-state index contributed by atoms with van der Waals surface area (Å²) in [6.45, 7) is 2.96. The lowest BCUT2D eigenvalue weighted by molar-refractivity contribution is 0.0946. The molecule has 0 spiro atoms. The van der Waals surface area contributed by atoms with Crippen LogP contribution in [0, 0.1) is 0 Å². The number of aryl methyl sites for hydroxylation is 1. The van der Waals surface area contributed by atoms with Crippen molar-refractivity contribution in [2.45, 2.75) is 26.3 Å². The average molecular weight is 326 g/mol. The first-order valence-electron chi connectivity index (χ1n) is 6.70. The van der Waals surface area contributed by atoms with Gasteiger partial charge in [0, 0.05) is 24.0 Å². The van der Waals surface area contributed by atoms with E-state index in [1.807, 2.05) is 19.1 Å². The van der Waals surface area contributed by atoms with Crippen LogP contribution < -0.4 is 10.9 Å². The Balaban J connectivity index is 1.93. The van der Waals surface area contributed by atoms with E-state index in [0.717, 1.165) is 22.1 Å². The molecule has 0 aliphatic carbocycles. The lowest BCUT2D eigenvalue weighted by Crippen LogP contribution is -2.30. The Labute approximate surface area is 131 Å². The number of nitrogens with one attached hydrogen (secondary N) is 1. The highest BCUT2D eigenvalue weighted by Crippen LogP contribution is 2.21. The Morgan fingerprint density at radius 1 is 1.38 bits per heavy atom. The second kappa shape index (κ2) is 7.38. The van der Waals surface area contributed by atoms with E-state index in [0.29, 0.717) is 13.1 Å². The number of carbonyl (C=O) groups is 1. The minimum absolute atomic E-state index is 0.193. The molecule has 0 saturated heterocycles. The van der Waals surface area contributed by atoms with Gasteiger partial charge in [0.1, 0.15) is 5.69 Å². The van der Waals surface area contributed by atoms with E-state index >= 15 is 0 Å². The second-order valence-corrected chi connectivity index (χ2v) is 6.29. The van der Waals surface area contributed by atoms with Crippen LogP contribution in [0.2, 0.25) is 4.34 Å². The lowest BCUT2D eigenvalue weighted by atomic mass is 10.3. The number of carbonyl (C=O) groups excluding carboxylic acids is 1. The predicted octanol–water partition coefficient (Wildman–Crippen LogP) is 2.34. The van der Waals surface area contributed by atoms with Crippen molar-refractivity contribution in [1.29, 1.82) is 0 Å². The summed E-state index contributed by atoms with van der Waals surface area (Å²) in [6.07, 6.45) is 1.51. The Hall–Kier alpha value is -1.66. The summed E-state index contributed by atoms with van der Waals surface area (Å²) in [5.41, 5.74) is 0.0638. The van der Waals surface area contributed by atoms with Crippen molar-refractivity contribution in [3.63, 3.8) is 0 Å². The molecule has 112 valence electrons. The zero-order valence-corrected chi connectivity index (χ0v) is 13.2. The normalized spacial score (nSPS) is 10.6. The summed E-state index contributed by atoms with van der Waals surface area (Å²) in [5, 5.41) is 6.86. The highest BCUT2D eigenvalue weighted by molar-refractivity contribution is 7.16. The molecule has 2 aromatic rings. The molecule has 0 radical (unpaired) electrons. The van der Waals surface area contributed by atoms with Crippen LogP contribution >= 0.6 is 22.9 Å². The molecule has 0 bridgehead atoms. The van der Waals surface area contributed by atoms with Gasteiger partial charge in [-0.05, 0) is 31.0 Å². The van der Waals surface area contributed by atoms with Crippen LogP contribution in [-0.2, 0) is 13.0 Å². The summed E-state index contributed by atoms with van der Waals surface area (Å²) in [7, 11) is 0. The maximum absolute atomic E-state index is 12.0. The Kier molecular flexibility index (Phi) is 5.52.